The van der Waals surface area contributed by atoms with Gasteiger partial charge in [-0.05, 0) is 51.3 Å². The third kappa shape index (κ3) is 5.11. The van der Waals surface area contributed by atoms with Crippen molar-refractivity contribution >= 4 is 29.6 Å². The Labute approximate surface area is 182 Å². The Morgan fingerprint density at radius 1 is 1.23 bits per heavy atom. The quantitative estimate of drug-likeness (QED) is 0.514. The van der Waals surface area contributed by atoms with Crippen LogP contribution in [0.3, 0.4) is 0 Å². The molecule has 0 saturated carbocycles. The molecule has 1 amide bonds. The molecule has 3 rings (SSSR count). The second kappa shape index (κ2) is 9.94. The summed E-state index contributed by atoms with van der Waals surface area (Å²) in [6.45, 7) is 7.84. The van der Waals surface area contributed by atoms with Gasteiger partial charge < -0.3 is 9.64 Å². The van der Waals surface area contributed by atoms with Crippen molar-refractivity contribution in [1.82, 2.24) is 14.7 Å². The van der Waals surface area contributed by atoms with Gasteiger partial charge in [0.05, 0.1) is 24.8 Å². The molecule has 0 aliphatic carbocycles. The number of amides is 1. The minimum Gasteiger partial charge on any atom is -0.466 e. The summed E-state index contributed by atoms with van der Waals surface area (Å²) < 4.78 is 7.00. The standard InChI is InChI=1S/C23H28ClN3O3/c1-4-30-23(29)18-11-13-26(14-12-18)22(28)10-9-20-16(2)25-27(17(20)3)15-19-7-5-6-8-21(19)24/h5-10,18H,4,11-15H2,1-3H3/b10-9+. The van der Waals surface area contributed by atoms with Gasteiger partial charge in [0.15, 0.2) is 0 Å². The average Bonchev–Trinajstić information content (AvgIpc) is 3.01. The van der Waals surface area contributed by atoms with E-state index in [9.17, 15) is 9.59 Å². The first kappa shape index (κ1) is 22.1. The second-order valence-corrected chi connectivity index (χ2v) is 7.93. The number of hydrogen-bond acceptors (Lipinski definition) is 4. The van der Waals surface area contributed by atoms with Crippen molar-refractivity contribution in [2.45, 2.75) is 40.2 Å². The number of aryl methyl sites for hydroxylation is 1. The minimum atomic E-state index is -0.155. The molecule has 0 spiro atoms. The highest BCUT2D eigenvalue weighted by Crippen LogP contribution is 2.22. The van der Waals surface area contributed by atoms with Crippen molar-refractivity contribution < 1.29 is 14.3 Å². The Kier molecular flexibility index (Phi) is 7.32. The van der Waals surface area contributed by atoms with Crippen LogP contribution in [0, 0.1) is 19.8 Å². The number of rotatable bonds is 6. The van der Waals surface area contributed by atoms with Crippen molar-refractivity contribution in [3.05, 3.63) is 57.9 Å². The lowest BCUT2D eigenvalue weighted by Crippen LogP contribution is -2.39. The Morgan fingerprint density at radius 3 is 2.60 bits per heavy atom. The van der Waals surface area contributed by atoms with Gasteiger partial charge in [0.25, 0.3) is 0 Å². The Morgan fingerprint density at radius 2 is 1.93 bits per heavy atom. The van der Waals surface area contributed by atoms with Crippen LogP contribution in [0.25, 0.3) is 6.08 Å². The van der Waals surface area contributed by atoms with Gasteiger partial charge in [0.1, 0.15) is 0 Å². The fraction of sp³-hybridized carbons (Fsp3) is 0.435. The van der Waals surface area contributed by atoms with Gasteiger partial charge in [-0.3, -0.25) is 14.3 Å². The summed E-state index contributed by atoms with van der Waals surface area (Å²) in [5.41, 5.74) is 3.79. The Balaban J connectivity index is 1.64. The number of aromatic nitrogens is 2. The zero-order valence-corrected chi connectivity index (χ0v) is 18.5. The fourth-order valence-electron chi connectivity index (χ4n) is 3.75. The molecule has 1 aromatic heterocycles. The fourth-order valence-corrected chi connectivity index (χ4v) is 3.95. The highest BCUT2D eigenvalue weighted by molar-refractivity contribution is 6.31. The van der Waals surface area contributed by atoms with Crippen LogP contribution in [-0.2, 0) is 20.9 Å². The maximum absolute atomic E-state index is 12.6. The third-order valence-corrected chi connectivity index (χ3v) is 5.90. The molecular weight excluding hydrogens is 402 g/mol. The van der Waals surface area contributed by atoms with Gasteiger partial charge in [0.2, 0.25) is 5.91 Å². The van der Waals surface area contributed by atoms with E-state index in [1.165, 1.54) is 0 Å². The van der Waals surface area contributed by atoms with Crippen LogP contribution in [0.15, 0.2) is 30.3 Å². The zero-order valence-electron chi connectivity index (χ0n) is 17.7. The second-order valence-electron chi connectivity index (χ2n) is 7.52. The predicted molar refractivity (Wildman–Crippen MR) is 117 cm³/mol. The molecule has 6 nitrogen and oxygen atoms in total. The van der Waals surface area contributed by atoms with Gasteiger partial charge in [-0.1, -0.05) is 29.8 Å². The van der Waals surface area contributed by atoms with Gasteiger partial charge in [0, 0.05) is 35.4 Å². The molecule has 0 bridgehead atoms. The number of nitrogens with zero attached hydrogens (tertiary/aromatic N) is 3. The van der Waals surface area contributed by atoms with E-state index in [0.29, 0.717) is 44.1 Å². The average molecular weight is 430 g/mol. The third-order valence-electron chi connectivity index (χ3n) is 5.53. The molecular formula is C23H28ClN3O3. The molecule has 1 fully saturated rings. The smallest absolute Gasteiger partial charge is 0.309 e. The molecule has 0 atom stereocenters. The largest absolute Gasteiger partial charge is 0.466 e. The van der Waals surface area contributed by atoms with E-state index >= 15 is 0 Å². The number of ether oxygens (including phenoxy) is 1. The number of piperidine rings is 1. The number of likely N-dealkylation sites (tertiary alicyclic amines) is 1. The summed E-state index contributed by atoms with van der Waals surface area (Å²) in [4.78, 5) is 26.3. The van der Waals surface area contributed by atoms with E-state index in [2.05, 4.69) is 5.10 Å². The molecule has 0 unspecified atom stereocenters. The lowest BCUT2D eigenvalue weighted by Gasteiger charge is -2.30. The molecule has 2 heterocycles. The highest BCUT2D eigenvalue weighted by atomic mass is 35.5. The summed E-state index contributed by atoms with van der Waals surface area (Å²) >= 11 is 6.27. The van der Waals surface area contributed by atoms with E-state index in [1.54, 1.807) is 11.0 Å². The summed E-state index contributed by atoms with van der Waals surface area (Å²) in [5, 5.41) is 5.33. The molecule has 1 aromatic carbocycles. The van der Waals surface area contributed by atoms with E-state index in [-0.39, 0.29) is 17.8 Å². The van der Waals surface area contributed by atoms with Crippen LogP contribution in [-0.4, -0.2) is 46.3 Å². The van der Waals surface area contributed by atoms with E-state index in [1.807, 2.05) is 55.8 Å². The van der Waals surface area contributed by atoms with Crippen LogP contribution in [0.2, 0.25) is 5.02 Å². The number of hydrogen-bond donors (Lipinski definition) is 0. The SMILES string of the molecule is CCOC(=O)C1CCN(C(=O)/C=C/c2c(C)nn(Cc3ccccc3Cl)c2C)CC1. The first-order valence-electron chi connectivity index (χ1n) is 10.3. The van der Waals surface area contributed by atoms with Crippen molar-refractivity contribution in [3.63, 3.8) is 0 Å². The summed E-state index contributed by atoms with van der Waals surface area (Å²) in [7, 11) is 0. The summed E-state index contributed by atoms with van der Waals surface area (Å²) in [6, 6.07) is 7.71. The topological polar surface area (TPSA) is 64.4 Å². The highest BCUT2D eigenvalue weighted by Gasteiger charge is 2.27. The van der Waals surface area contributed by atoms with E-state index in [4.69, 9.17) is 16.3 Å². The minimum absolute atomic E-state index is 0.0463. The van der Waals surface area contributed by atoms with Crippen LogP contribution >= 0.6 is 11.6 Å². The molecule has 0 radical (unpaired) electrons. The maximum atomic E-state index is 12.6. The molecule has 2 aromatic rings. The zero-order chi connectivity index (χ0) is 21.7. The van der Waals surface area contributed by atoms with Crippen LogP contribution in [0.4, 0.5) is 0 Å². The summed E-state index contributed by atoms with van der Waals surface area (Å²) in [5.74, 6) is -0.308. The monoisotopic (exact) mass is 429 g/mol. The van der Waals surface area contributed by atoms with Crippen LogP contribution in [0.5, 0.6) is 0 Å². The number of carbonyl (C=O) groups is 2. The van der Waals surface area contributed by atoms with Gasteiger partial charge in [-0.25, -0.2) is 0 Å². The predicted octanol–water partition coefficient (Wildman–Crippen LogP) is 4.02. The van der Waals surface area contributed by atoms with Crippen molar-refractivity contribution in [1.29, 1.82) is 0 Å². The lowest BCUT2D eigenvalue weighted by molar-refractivity contribution is -0.150. The van der Waals surface area contributed by atoms with Gasteiger partial charge >= 0.3 is 5.97 Å². The number of esters is 1. The molecule has 0 N–H and O–H groups in total. The molecule has 1 aliphatic heterocycles. The Bertz CT molecular complexity index is 943. The van der Waals surface area contributed by atoms with Gasteiger partial charge in [-0.15, -0.1) is 0 Å². The first-order chi connectivity index (χ1) is 14.4. The molecule has 1 aliphatic rings. The normalized spacial score (nSPS) is 15.0. The van der Waals surface area contributed by atoms with Crippen molar-refractivity contribution in [3.8, 4) is 0 Å². The van der Waals surface area contributed by atoms with Crippen molar-refractivity contribution in [2.75, 3.05) is 19.7 Å². The molecule has 160 valence electrons. The van der Waals surface area contributed by atoms with Crippen molar-refractivity contribution in [2.24, 2.45) is 5.92 Å². The van der Waals surface area contributed by atoms with Crippen LogP contribution in [0.1, 0.15) is 42.3 Å². The summed E-state index contributed by atoms with van der Waals surface area (Å²) in [6.07, 6.45) is 4.72. The molecule has 30 heavy (non-hydrogen) atoms. The lowest BCUT2D eigenvalue weighted by atomic mass is 9.97. The van der Waals surface area contributed by atoms with E-state index < -0.39 is 0 Å². The number of carbonyl (C=O) groups excluding carboxylic acids is 2. The van der Waals surface area contributed by atoms with Crippen LogP contribution < -0.4 is 0 Å². The van der Waals surface area contributed by atoms with E-state index in [0.717, 1.165) is 22.5 Å². The first-order valence-corrected chi connectivity index (χ1v) is 10.7. The Hall–Kier alpha value is -2.60. The molecule has 1 saturated heterocycles. The molecule has 7 heteroatoms. The number of halogens is 1. The number of benzene rings is 1. The maximum Gasteiger partial charge on any atom is 0.309 e. The van der Waals surface area contributed by atoms with Gasteiger partial charge in [-0.2, -0.15) is 5.10 Å².